The van der Waals surface area contributed by atoms with E-state index in [0.717, 1.165) is 0 Å². The Morgan fingerprint density at radius 1 is 1.57 bits per heavy atom. The minimum absolute atomic E-state index is 0.176. The van der Waals surface area contributed by atoms with Gasteiger partial charge in [-0.2, -0.15) is 0 Å². The molecular formula is C9H16O5. The van der Waals surface area contributed by atoms with Gasteiger partial charge in [0.05, 0.1) is 12.7 Å². The molecule has 5 nitrogen and oxygen atoms in total. The van der Waals surface area contributed by atoms with Crippen LogP contribution in [0.1, 0.15) is 19.8 Å². The SMILES string of the molecule is CC[C@H]1C[C@H](O)[C@H](CO)OC1C(=O)O. The number of carboxylic acid groups (broad SMARTS) is 1. The van der Waals surface area contributed by atoms with Crippen LogP contribution >= 0.6 is 0 Å². The Balaban J connectivity index is 2.68. The van der Waals surface area contributed by atoms with Gasteiger partial charge < -0.3 is 20.1 Å². The van der Waals surface area contributed by atoms with Gasteiger partial charge in [-0.3, -0.25) is 0 Å². The van der Waals surface area contributed by atoms with Crippen LogP contribution < -0.4 is 0 Å². The number of carboxylic acids is 1. The number of hydrogen-bond acceptors (Lipinski definition) is 4. The summed E-state index contributed by atoms with van der Waals surface area (Å²) >= 11 is 0. The smallest absolute Gasteiger partial charge is 0.333 e. The maximum absolute atomic E-state index is 10.8. The van der Waals surface area contributed by atoms with Gasteiger partial charge in [-0.15, -0.1) is 0 Å². The van der Waals surface area contributed by atoms with E-state index in [1.807, 2.05) is 6.92 Å². The van der Waals surface area contributed by atoms with Gasteiger partial charge in [0.15, 0.2) is 6.10 Å². The first-order valence-electron chi connectivity index (χ1n) is 4.77. The molecule has 82 valence electrons. The molecule has 0 radical (unpaired) electrons. The third kappa shape index (κ3) is 2.23. The summed E-state index contributed by atoms with van der Waals surface area (Å²) in [5.74, 6) is -1.20. The number of aliphatic hydroxyl groups is 2. The molecule has 3 N–H and O–H groups in total. The van der Waals surface area contributed by atoms with Crippen molar-refractivity contribution in [3.63, 3.8) is 0 Å². The molecule has 14 heavy (non-hydrogen) atoms. The molecule has 0 spiro atoms. The second-order valence-corrected chi connectivity index (χ2v) is 3.59. The average molecular weight is 204 g/mol. The van der Waals surface area contributed by atoms with Gasteiger partial charge >= 0.3 is 5.97 Å². The fourth-order valence-corrected chi connectivity index (χ4v) is 1.78. The molecule has 0 bridgehead atoms. The van der Waals surface area contributed by atoms with Gasteiger partial charge in [-0.25, -0.2) is 4.79 Å². The number of rotatable bonds is 3. The number of carbonyl (C=O) groups is 1. The van der Waals surface area contributed by atoms with Crippen molar-refractivity contribution in [2.75, 3.05) is 6.61 Å². The van der Waals surface area contributed by atoms with Crippen LogP contribution in [0.15, 0.2) is 0 Å². The summed E-state index contributed by atoms with van der Waals surface area (Å²) in [6, 6.07) is 0. The Morgan fingerprint density at radius 2 is 2.21 bits per heavy atom. The van der Waals surface area contributed by atoms with Gasteiger partial charge in [0.1, 0.15) is 6.10 Å². The molecular weight excluding hydrogens is 188 g/mol. The van der Waals surface area contributed by atoms with Gasteiger partial charge in [0.2, 0.25) is 0 Å². The summed E-state index contributed by atoms with van der Waals surface area (Å²) in [5.41, 5.74) is 0. The summed E-state index contributed by atoms with van der Waals surface area (Å²) in [5, 5.41) is 27.2. The molecule has 0 aromatic carbocycles. The predicted molar refractivity (Wildman–Crippen MR) is 47.8 cm³/mol. The van der Waals surface area contributed by atoms with E-state index >= 15 is 0 Å². The van der Waals surface area contributed by atoms with Gasteiger partial charge in [0, 0.05) is 0 Å². The quantitative estimate of drug-likeness (QED) is 0.582. The molecule has 1 aliphatic rings. The molecule has 0 aromatic heterocycles. The zero-order valence-electron chi connectivity index (χ0n) is 8.09. The zero-order chi connectivity index (χ0) is 10.7. The Morgan fingerprint density at radius 3 is 2.64 bits per heavy atom. The molecule has 0 aromatic rings. The highest BCUT2D eigenvalue weighted by Gasteiger charge is 2.39. The second-order valence-electron chi connectivity index (χ2n) is 3.59. The molecule has 1 aliphatic heterocycles. The Kier molecular flexibility index (Phi) is 3.86. The highest BCUT2D eigenvalue weighted by Crippen LogP contribution is 2.27. The van der Waals surface area contributed by atoms with E-state index in [4.69, 9.17) is 14.9 Å². The van der Waals surface area contributed by atoms with Crippen molar-refractivity contribution < 1.29 is 24.9 Å². The third-order valence-corrected chi connectivity index (χ3v) is 2.67. The van der Waals surface area contributed by atoms with Crippen LogP contribution in [0.2, 0.25) is 0 Å². The van der Waals surface area contributed by atoms with Crippen LogP contribution in [-0.4, -0.2) is 46.2 Å². The monoisotopic (exact) mass is 204 g/mol. The summed E-state index contributed by atoms with van der Waals surface area (Å²) in [6.07, 6.45) is -1.41. The molecule has 1 unspecified atom stereocenters. The normalized spacial score (nSPS) is 38.2. The first kappa shape index (κ1) is 11.4. The second kappa shape index (κ2) is 4.72. The van der Waals surface area contributed by atoms with Crippen LogP contribution in [0.4, 0.5) is 0 Å². The Bertz CT molecular complexity index is 205. The minimum atomic E-state index is -1.03. The summed E-state index contributed by atoms with van der Waals surface area (Å²) < 4.78 is 5.11. The van der Waals surface area contributed by atoms with E-state index in [9.17, 15) is 9.90 Å². The molecule has 0 aliphatic carbocycles. The first-order valence-corrected chi connectivity index (χ1v) is 4.77. The Labute approximate surface area is 82.3 Å². The van der Waals surface area contributed by atoms with Crippen molar-refractivity contribution in [1.82, 2.24) is 0 Å². The van der Waals surface area contributed by atoms with Gasteiger partial charge in [-0.1, -0.05) is 13.3 Å². The highest BCUT2D eigenvalue weighted by atomic mass is 16.5. The van der Waals surface area contributed by atoms with Crippen LogP contribution in [0.5, 0.6) is 0 Å². The van der Waals surface area contributed by atoms with Crippen LogP contribution in [0.3, 0.4) is 0 Å². The lowest BCUT2D eigenvalue weighted by molar-refractivity contribution is -0.186. The molecule has 5 heteroatoms. The van der Waals surface area contributed by atoms with Gasteiger partial charge in [-0.05, 0) is 12.3 Å². The van der Waals surface area contributed by atoms with Crippen molar-refractivity contribution in [2.45, 2.75) is 38.1 Å². The van der Waals surface area contributed by atoms with Crippen molar-refractivity contribution in [1.29, 1.82) is 0 Å². The lowest BCUT2D eigenvalue weighted by Crippen LogP contribution is -2.49. The number of ether oxygens (including phenoxy) is 1. The van der Waals surface area contributed by atoms with E-state index in [1.54, 1.807) is 0 Å². The highest BCUT2D eigenvalue weighted by molar-refractivity contribution is 5.72. The standard InChI is InChI=1S/C9H16O5/c1-2-5-3-6(11)7(4-10)14-8(5)9(12)13/h5-8,10-11H,2-4H2,1H3,(H,12,13)/t5-,6-,7-,8?/m0/s1. The maximum atomic E-state index is 10.8. The van der Waals surface area contributed by atoms with E-state index in [1.165, 1.54) is 0 Å². The zero-order valence-corrected chi connectivity index (χ0v) is 8.09. The molecule has 0 amide bonds. The summed E-state index contributed by atoms with van der Waals surface area (Å²) in [6.45, 7) is 1.51. The topological polar surface area (TPSA) is 87.0 Å². The predicted octanol–water partition coefficient (Wildman–Crippen LogP) is -0.392. The van der Waals surface area contributed by atoms with Crippen LogP contribution in [0.25, 0.3) is 0 Å². The van der Waals surface area contributed by atoms with E-state index in [2.05, 4.69) is 0 Å². The number of hydrogen-bond donors (Lipinski definition) is 3. The summed E-state index contributed by atoms with van der Waals surface area (Å²) in [4.78, 5) is 10.8. The molecule has 4 atom stereocenters. The minimum Gasteiger partial charge on any atom is -0.479 e. The van der Waals surface area contributed by atoms with Gasteiger partial charge in [0.25, 0.3) is 0 Å². The fourth-order valence-electron chi connectivity index (χ4n) is 1.78. The molecule has 1 saturated heterocycles. The van der Waals surface area contributed by atoms with Crippen molar-refractivity contribution in [2.24, 2.45) is 5.92 Å². The largest absolute Gasteiger partial charge is 0.479 e. The molecule has 1 heterocycles. The number of aliphatic carboxylic acids is 1. The maximum Gasteiger partial charge on any atom is 0.333 e. The fraction of sp³-hybridized carbons (Fsp3) is 0.889. The van der Waals surface area contributed by atoms with Crippen molar-refractivity contribution in [3.8, 4) is 0 Å². The Hall–Kier alpha value is -0.650. The van der Waals surface area contributed by atoms with E-state index in [0.29, 0.717) is 12.8 Å². The van der Waals surface area contributed by atoms with Crippen molar-refractivity contribution >= 4 is 5.97 Å². The lowest BCUT2D eigenvalue weighted by atomic mass is 9.88. The summed E-state index contributed by atoms with van der Waals surface area (Å²) in [7, 11) is 0. The molecule has 1 rings (SSSR count). The van der Waals surface area contributed by atoms with E-state index in [-0.39, 0.29) is 12.5 Å². The van der Waals surface area contributed by atoms with E-state index < -0.39 is 24.3 Å². The average Bonchev–Trinajstić information content (AvgIpc) is 2.16. The van der Waals surface area contributed by atoms with Crippen LogP contribution in [0, 0.1) is 5.92 Å². The third-order valence-electron chi connectivity index (χ3n) is 2.67. The molecule has 1 fully saturated rings. The first-order chi connectivity index (χ1) is 6.60. The lowest BCUT2D eigenvalue weighted by Gasteiger charge is -2.36. The number of aliphatic hydroxyl groups excluding tert-OH is 2. The van der Waals surface area contributed by atoms with Crippen LogP contribution in [-0.2, 0) is 9.53 Å². The molecule has 0 saturated carbocycles. The van der Waals surface area contributed by atoms with Crippen molar-refractivity contribution in [3.05, 3.63) is 0 Å².